The van der Waals surface area contributed by atoms with Crippen LogP contribution in [0.4, 0.5) is 0 Å². The molecule has 3 rings (SSSR count). The molecule has 9 nitrogen and oxygen atoms in total. The molecule has 0 aliphatic carbocycles. The topological polar surface area (TPSA) is 96.4 Å². The summed E-state index contributed by atoms with van der Waals surface area (Å²) in [7, 11) is 3.70. The molecule has 38 heavy (non-hydrogen) atoms. The van der Waals surface area contributed by atoms with Gasteiger partial charge < -0.3 is 23.7 Å². The number of sulfonamides is 1. The van der Waals surface area contributed by atoms with E-state index in [4.69, 9.17) is 23.7 Å². The Morgan fingerprint density at radius 1 is 0.816 bits per heavy atom. The van der Waals surface area contributed by atoms with Gasteiger partial charge in [0.15, 0.2) is 0 Å². The smallest absolute Gasteiger partial charge is 0.220 e. The molecular formula is C27H33BrN2O7S. The summed E-state index contributed by atoms with van der Waals surface area (Å²) in [6.45, 7) is 1.70. The third-order valence-corrected chi connectivity index (χ3v) is 8.87. The van der Waals surface area contributed by atoms with Crippen molar-refractivity contribution in [1.29, 1.82) is 0 Å². The van der Waals surface area contributed by atoms with Crippen molar-refractivity contribution in [2.24, 2.45) is 0 Å². The van der Waals surface area contributed by atoms with E-state index in [1.807, 2.05) is 0 Å². The molecule has 0 bridgehead atoms. The van der Waals surface area contributed by atoms with Crippen molar-refractivity contribution in [1.82, 2.24) is 9.29 Å². The molecule has 2 atom stereocenters. The SMILES string of the molecule is COc1ccc(CN(Cc2ccc(OC)cc2OC)S(=O)(=O)[C@@H](C)[C@@H](OC)c2ccc(Br)cn2)c(OC)c1. The third kappa shape index (κ3) is 6.76. The number of nitrogens with zero attached hydrogens (tertiary/aromatic N) is 2. The van der Waals surface area contributed by atoms with Crippen LogP contribution >= 0.6 is 15.9 Å². The second kappa shape index (κ2) is 13.3. The highest BCUT2D eigenvalue weighted by Crippen LogP contribution is 2.33. The molecule has 0 aliphatic rings. The lowest BCUT2D eigenvalue weighted by molar-refractivity contribution is 0.0968. The maximum atomic E-state index is 14.2. The summed E-state index contributed by atoms with van der Waals surface area (Å²) < 4.78 is 58.0. The van der Waals surface area contributed by atoms with Gasteiger partial charge in [0.25, 0.3) is 0 Å². The molecule has 0 unspecified atom stereocenters. The number of hydrogen-bond acceptors (Lipinski definition) is 8. The van der Waals surface area contributed by atoms with Gasteiger partial charge >= 0.3 is 0 Å². The third-order valence-electron chi connectivity index (χ3n) is 6.23. The van der Waals surface area contributed by atoms with Crippen LogP contribution in [0.5, 0.6) is 23.0 Å². The Bertz CT molecular complexity index is 1260. The number of hydrogen-bond donors (Lipinski definition) is 0. The van der Waals surface area contributed by atoms with Crippen LogP contribution in [0.25, 0.3) is 0 Å². The lowest BCUT2D eigenvalue weighted by Gasteiger charge is -2.30. The first-order valence-corrected chi connectivity index (χ1v) is 14.0. The van der Waals surface area contributed by atoms with E-state index < -0.39 is 21.4 Å². The average molecular weight is 610 g/mol. The Balaban J connectivity index is 2.07. The summed E-state index contributed by atoms with van der Waals surface area (Å²) in [5.74, 6) is 2.23. The van der Waals surface area contributed by atoms with E-state index in [-0.39, 0.29) is 13.1 Å². The largest absolute Gasteiger partial charge is 0.497 e. The fraction of sp³-hybridized carbons (Fsp3) is 0.370. The minimum absolute atomic E-state index is 0.0409. The zero-order valence-corrected chi connectivity index (χ0v) is 24.7. The van der Waals surface area contributed by atoms with Crippen LogP contribution in [-0.2, 0) is 27.8 Å². The number of ether oxygens (including phenoxy) is 5. The summed E-state index contributed by atoms with van der Waals surface area (Å²) in [6.07, 6.45) is 0.814. The number of halogens is 1. The molecule has 3 aromatic rings. The fourth-order valence-corrected chi connectivity index (χ4v) is 5.99. The number of benzene rings is 2. The van der Waals surface area contributed by atoms with Gasteiger partial charge in [-0.25, -0.2) is 8.42 Å². The average Bonchev–Trinajstić information content (AvgIpc) is 2.94. The molecule has 0 radical (unpaired) electrons. The molecule has 0 amide bonds. The summed E-state index contributed by atoms with van der Waals surface area (Å²) in [5, 5.41) is -0.963. The van der Waals surface area contributed by atoms with Gasteiger partial charge in [0.05, 0.1) is 34.1 Å². The second-order valence-electron chi connectivity index (χ2n) is 8.43. The first-order chi connectivity index (χ1) is 18.2. The maximum absolute atomic E-state index is 14.2. The van der Waals surface area contributed by atoms with Crippen molar-refractivity contribution in [3.05, 3.63) is 76.0 Å². The Morgan fingerprint density at radius 3 is 1.74 bits per heavy atom. The number of methoxy groups -OCH3 is 5. The normalized spacial score (nSPS) is 13.2. The van der Waals surface area contributed by atoms with E-state index in [0.29, 0.717) is 39.8 Å². The molecular weight excluding hydrogens is 576 g/mol. The quantitative estimate of drug-likeness (QED) is 0.268. The van der Waals surface area contributed by atoms with E-state index in [9.17, 15) is 8.42 Å². The van der Waals surface area contributed by atoms with Crippen LogP contribution < -0.4 is 18.9 Å². The maximum Gasteiger partial charge on any atom is 0.220 e. The predicted octanol–water partition coefficient (Wildman–Crippen LogP) is 4.99. The summed E-state index contributed by atoms with van der Waals surface area (Å²) in [4.78, 5) is 4.38. The van der Waals surface area contributed by atoms with E-state index in [1.165, 1.54) is 25.6 Å². The van der Waals surface area contributed by atoms with Crippen LogP contribution in [0.1, 0.15) is 29.8 Å². The lowest BCUT2D eigenvalue weighted by atomic mass is 10.1. The van der Waals surface area contributed by atoms with Crippen molar-refractivity contribution in [2.75, 3.05) is 35.5 Å². The first kappa shape index (κ1) is 29.7. The Kier molecular flexibility index (Phi) is 10.4. The molecule has 0 aliphatic heterocycles. The molecule has 0 spiro atoms. The zero-order valence-electron chi connectivity index (χ0n) is 22.3. The monoisotopic (exact) mass is 608 g/mol. The van der Waals surface area contributed by atoms with E-state index in [0.717, 1.165) is 4.47 Å². The molecule has 0 fully saturated rings. The molecule has 206 valence electrons. The van der Waals surface area contributed by atoms with Crippen LogP contribution in [0.3, 0.4) is 0 Å². The van der Waals surface area contributed by atoms with Crippen molar-refractivity contribution < 1.29 is 32.1 Å². The van der Waals surface area contributed by atoms with Gasteiger partial charge in [0.1, 0.15) is 34.4 Å². The molecule has 1 heterocycles. The summed E-state index contributed by atoms with van der Waals surface area (Å²) in [5.41, 5.74) is 1.86. The molecule has 1 aromatic heterocycles. The van der Waals surface area contributed by atoms with Crippen molar-refractivity contribution in [3.8, 4) is 23.0 Å². The van der Waals surface area contributed by atoms with Crippen LogP contribution in [-0.4, -0.2) is 58.5 Å². The number of pyridine rings is 1. The Labute approximate surface area is 232 Å². The van der Waals surface area contributed by atoms with E-state index in [1.54, 1.807) is 75.9 Å². The lowest BCUT2D eigenvalue weighted by Crippen LogP contribution is -2.40. The zero-order chi connectivity index (χ0) is 27.9. The van der Waals surface area contributed by atoms with Gasteiger partial charge in [-0.1, -0.05) is 12.1 Å². The Morgan fingerprint density at radius 2 is 1.34 bits per heavy atom. The molecule has 11 heteroatoms. The molecule has 0 N–H and O–H groups in total. The van der Waals surface area contributed by atoms with Gasteiger partial charge in [0, 0.05) is 54.1 Å². The van der Waals surface area contributed by atoms with E-state index in [2.05, 4.69) is 20.9 Å². The standard InChI is InChI=1S/C27H33BrN2O7S/c1-18(27(37-6)24-12-9-21(28)15-29-24)38(31,32)30(16-19-7-10-22(33-2)13-25(19)35-4)17-20-8-11-23(34-3)14-26(20)36-5/h7-15,18,27H,16-17H2,1-6H3/t18-,27+/m0/s1. The minimum atomic E-state index is -3.97. The fourth-order valence-electron chi connectivity index (χ4n) is 4.08. The number of rotatable bonds is 13. The minimum Gasteiger partial charge on any atom is -0.497 e. The van der Waals surface area contributed by atoms with Crippen molar-refractivity contribution in [2.45, 2.75) is 31.4 Å². The Hall–Kier alpha value is -2.86. The summed E-state index contributed by atoms with van der Waals surface area (Å²) >= 11 is 3.37. The van der Waals surface area contributed by atoms with Crippen molar-refractivity contribution >= 4 is 26.0 Å². The molecule has 0 saturated carbocycles. The molecule has 0 saturated heterocycles. The van der Waals surface area contributed by atoms with Crippen LogP contribution in [0.2, 0.25) is 0 Å². The predicted molar refractivity (Wildman–Crippen MR) is 148 cm³/mol. The highest BCUT2D eigenvalue weighted by atomic mass is 79.9. The molecule has 2 aromatic carbocycles. The highest BCUT2D eigenvalue weighted by Gasteiger charge is 2.37. The van der Waals surface area contributed by atoms with Crippen LogP contribution in [0, 0.1) is 0 Å². The van der Waals surface area contributed by atoms with Gasteiger partial charge in [-0.05, 0) is 47.1 Å². The second-order valence-corrected chi connectivity index (χ2v) is 11.6. The summed E-state index contributed by atoms with van der Waals surface area (Å²) in [6, 6.07) is 14.1. The van der Waals surface area contributed by atoms with Crippen molar-refractivity contribution in [3.63, 3.8) is 0 Å². The van der Waals surface area contributed by atoms with Gasteiger partial charge in [-0.15, -0.1) is 0 Å². The highest BCUT2D eigenvalue weighted by molar-refractivity contribution is 9.10. The van der Waals surface area contributed by atoms with Gasteiger partial charge in [-0.3, -0.25) is 4.98 Å². The van der Waals surface area contributed by atoms with Gasteiger partial charge in [0.2, 0.25) is 10.0 Å². The number of aromatic nitrogens is 1. The first-order valence-electron chi connectivity index (χ1n) is 11.7. The van der Waals surface area contributed by atoms with Gasteiger partial charge in [-0.2, -0.15) is 4.31 Å². The van der Waals surface area contributed by atoms with Crippen LogP contribution in [0.15, 0.2) is 59.2 Å². The van der Waals surface area contributed by atoms with E-state index >= 15 is 0 Å².